The average Bonchev–Trinajstić information content (AvgIpc) is 2.76. The van der Waals surface area contributed by atoms with Gasteiger partial charge in [-0.3, -0.25) is 0 Å². The molecule has 0 N–H and O–H groups in total. The minimum absolute atomic E-state index is 0.00144. The van der Waals surface area contributed by atoms with E-state index in [0.29, 0.717) is 19.6 Å². The highest BCUT2D eigenvalue weighted by atomic mass is 19.3. The van der Waals surface area contributed by atoms with Crippen molar-refractivity contribution in [1.29, 1.82) is 0 Å². The number of ether oxygens (including phenoxy) is 4. The number of hydrogen-bond donors (Lipinski definition) is 0. The first-order chi connectivity index (χ1) is 14.2. The monoisotopic (exact) mass is 406 g/mol. The van der Waals surface area contributed by atoms with Gasteiger partial charge in [0.1, 0.15) is 12.2 Å². The van der Waals surface area contributed by atoms with E-state index in [2.05, 4.69) is 0 Å². The Balaban J connectivity index is 1.62. The summed E-state index contributed by atoms with van der Waals surface area (Å²) in [7, 11) is 0. The van der Waals surface area contributed by atoms with E-state index in [4.69, 9.17) is 18.9 Å². The summed E-state index contributed by atoms with van der Waals surface area (Å²) in [4.78, 5) is 0. The minimum atomic E-state index is -2.70. The molecule has 2 aromatic rings. The van der Waals surface area contributed by atoms with Crippen LogP contribution in [0.1, 0.15) is 30.4 Å². The molecule has 0 amide bonds. The third kappa shape index (κ3) is 7.48. The van der Waals surface area contributed by atoms with Gasteiger partial charge in [0.05, 0.1) is 19.8 Å². The van der Waals surface area contributed by atoms with Gasteiger partial charge in [-0.1, -0.05) is 60.7 Å². The second-order valence-electron chi connectivity index (χ2n) is 7.07. The van der Waals surface area contributed by atoms with Crippen molar-refractivity contribution < 1.29 is 27.7 Å². The van der Waals surface area contributed by atoms with Crippen LogP contribution in [0.25, 0.3) is 0 Å². The van der Waals surface area contributed by atoms with Crippen LogP contribution < -0.4 is 0 Å². The molecule has 4 nitrogen and oxygen atoms in total. The molecular formula is C23H28F2O4. The standard InChI is InChI=1S/C23H28F2O4/c24-23(25)22(28-16-19-11-5-2-6-12-19)20(29-21-13-7-8-14-27-21)17-26-15-18-9-3-1-4-10-18/h1-6,9-12,20-23H,7-8,13-17H2. The Morgan fingerprint density at radius 3 is 2.14 bits per heavy atom. The topological polar surface area (TPSA) is 36.9 Å². The van der Waals surface area contributed by atoms with Crippen LogP contribution in [-0.2, 0) is 32.2 Å². The Labute approximate surface area is 170 Å². The molecule has 29 heavy (non-hydrogen) atoms. The highest BCUT2D eigenvalue weighted by Crippen LogP contribution is 2.22. The zero-order chi connectivity index (χ0) is 20.3. The summed E-state index contributed by atoms with van der Waals surface area (Å²) in [6, 6.07) is 18.8. The molecule has 158 valence electrons. The van der Waals surface area contributed by atoms with Crippen molar-refractivity contribution >= 4 is 0 Å². The van der Waals surface area contributed by atoms with E-state index in [1.807, 2.05) is 60.7 Å². The highest BCUT2D eigenvalue weighted by molar-refractivity contribution is 5.14. The minimum Gasteiger partial charge on any atom is -0.374 e. The molecule has 3 atom stereocenters. The predicted molar refractivity (Wildman–Crippen MR) is 106 cm³/mol. The summed E-state index contributed by atoms with van der Waals surface area (Å²) >= 11 is 0. The molecule has 1 aliphatic heterocycles. The van der Waals surface area contributed by atoms with Crippen LogP contribution in [-0.4, -0.2) is 38.1 Å². The van der Waals surface area contributed by atoms with Crippen molar-refractivity contribution in [1.82, 2.24) is 0 Å². The van der Waals surface area contributed by atoms with E-state index < -0.39 is 24.9 Å². The molecule has 3 rings (SSSR count). The third-order valence-corrected chi connectivity index (χ3v) is 4.76. The fraction of sp³-hybridized carbons (Fsp3) is 0.478. The Morgan fingerprint density at radius 2 is 1.55 bits per heavy atom. The van der Waals surface area contributed by atoms with Crippen molar-refractivity contribution in [3.05, 3.63) is 71.8 Å². The van der Waals surface area contributed by atoms with Crippen molar-refractivity contribution in [3.63, 3.8) is 0 Å². The van der Waals surface area contributed by atoms with Crippen molar-refractivity contribution in [2.75, 3.05) is 13.2 Å². The van der Waals surface area contributed by atoms with Gasteiger partial charge in [-0.15, -0.1) is 0 Å². The van der Waals surface area contributed by atoms with Crippen molar-refractivity contribution in [2.24, 2.45) is 0 Å². The number of alkyl halides is 2. The van der Waals surface area contributed by atoms with Crippen LogP contribution in [0.15, 0.2) is 60.7 Å². The summed E-state index contributed by atoms with van der Waals surface area (Å²) in [5.74, 6) is 0. The lowest BCUT2D eigenvalue weighted by Crippen LogP contribution is -2.43. The molecule has 0 saturated carbocycles. The summed E-state index contributed by atoms with van der Waals surface area (Å²) in [5, 5.41) is 0. The van der Waals surface area contributed by atoms with E-state index in [1.54, 1.807) is 0 Å². The van der Waals surface area contributed by atoms with Crippen LogP contribution in [0.4, 0.5) is 8.78 Å². The fourth-order valence-corrected chi connectivity index (χ4v) is 3.20. The Kier molecular flexibility index (Phi) is 9.02. The van der Waals surface area contributed by atoms with E-state index >= 15 is 0 Å². The van der Waals surface area contributed by atoms with Crippen LogP contribution in [0.5, 0.6) is 0 Å². The van der Waals surface area contributed by atoms with E-state index in [-0.39, 0.29) is 13.2 Å². The predicted octanol–water partition coefficient (Wildman–Crippen LogP) is 4.97. The molecule has 1 heterocycles. The maximum absolute atomic E-state index is 13.9. The maximum Gasteiger partial charge on any atom is 0.267 e. The molecule has 6 heteroatoms. The lowest BCUT2D eigenvalue weighted by molar-refractivity contribution is -0.239. The number of halogens is 2. The van der Waals surface area contributed by atoms with Gasteiger partial charge < -0.3 is 18.9 Å². The number of hydrogen-bond acceptors (Lipinski definition) is 4. The first-order valence-corrected chi connectivity index (χ1v) is 10.0. The molecule has 0 aromatic heterocycles. The normalized spacial score (nSPS) is 19.2. The first kappa shape index (κ1) is 21.8. The zero-order valence-electron chi connectivity index (χ0n) is 16.4. The Bertz CT molecular complexity index is 678. The number of benzene rings is 2. The van der Waals surface area contributed by atoms with Crippen LogP contribution >= 0.6 is 0 Å². The summed E-state index contributed by atoms with van der Waals surface area (Å²) in [6.45, 7) is 0.978. The Morgan fingerprint density at radius 1 is 0.897 bits per heavy atom. The molecule has 0 radical (unpaired) electrons. The van der Waals surface area contributed by atoms with E-state index in [0.717, 1.165) is 24.0 Å². The van der Waals surface area contributed by atoms with E-state index in [9.17, 15) is 8.78 Å². The fourth-order valence-electron chi connectivity index (χ4n) is 3.20. The second-order valence-corrected chi connectivity index (χ2v) is 7.07. The molecule has 3 unspecified atom stereocenters. The smallest absolute Gasteiger partial charge is 0.267 e. The number of rotatable bonds is 11. The largest absolute Gasteiger partial charge is 0.374 e. The Hall–Kier alpha value is -1.86. The van der Waals surface area contributed by atoms with E-state index in [1.165, 1.54) is 0 Å². The lowest BCUT2D eigenvalue weighted by Gasteiger charge is -2.32. The molecule has 0 aliphatic carbocycles. The molecule has 0 spiro atoms. The van der Waals surface area contributed by atoms with Gasteiger partial charge in [-0.05, 0) is 30.4 Å². The van der Waals surface area contributed by atoms with Crippen LogP contribution in [0, 0.1) is 0 Å². The first-order valence-electron chi connectivity index (χ1n) is 10.0. The van der Waals surface area contributed by atoms with Gasteiger partial charge in [0.25, 0.3) is 6.43 Å². The molecule has 1 saturated heterocycles. The molecule has 2 aromatic carbocycles. The third-order valence-electron chi connectivity index (χ3n) is 4.76. The second kappa shape index (κ2) is 12.0. The SMILES string of the molecule is FC(F)C(OCc1ccccc1)C(COCc1ccccc1)OC1CCCCO1. The van der Waals surface area contributed by atoms with Gasteiger partial charge in [-0.2, -0.15) is 0 Å². The van der Waals surface area contributed by atoms with Crippen molar-refractivity contribution in [2.45, 2.75) is 57.4 Å². The quantitative estimate of drug-likeness (QED) is 0.528. The van der Waals surface area contributed by atoms with Gasteiger partial charge in [0, 0.05) is 6.61 Å². The molecule has 1 aliphatic rings. The summed E-state index contributed by atoms with van der Waals surface area (Å²) < 4.78 is 50.5. The van der Waals surface area contributed by atoms with Crippen molar-refractivity contribution in [3.8, 4) is 0 Å². The maximum atomic E-state index is 13.9. The lowest BCUT2D eigenvalue weighted by atomic mass is 10.1. The zero-order valence-corrected chi connectivity index (χ0v) is 16.4. The van der Waals surface area contributed by atoms with Gasteiger partial charge in [0.15, 0.2) is 6.29 Å². The average molecular weight is 406 g/mol. The summed E-state index contributed by atoms with van der Waals surface area (Å²) in [6.07, 6.45) is -2.95. The van der Waals surface area contributed by atoms with Gasteiger partial charge in [-0.25, -0.2) is 8.78 Å². The van der Waals surface area contributed by atoms with Crippen LogP contribution in [0.2, 0.25) is 0 Å². The van der Waals surface area contributed by atoms with Crippen LogP contribution in [0.3, 0.4) is 0 Å². The molecule has 0 bridgehead atoms. The van der Waals surface area contributed by atoms with Gasteiger partial charge in [0.2, 0.25) is 0 Å². The molecule has 1 fully saturated rings. The molecular weight excluding hydrogens is 378 g/mol. The summed E-state index contributed by atoms with van der Waals surface area (Å²) in [5.41, 5.74) is 1.80. The highest BCUT2D eigenvalue weighted by Gasteiger charge is 2.34. The van der Waals surface area contributed by atoms with Gasteiger partial charge >= 0.3 is 0 Å².